The summed E-state index contributed by atoms with van der Waals surface area (Å²) in [5.74, 6) is -0.189. The van der Waals surface area contributed by atoms with Gasteiger partial charge in [0.1, 0.15) is 6.04 Å². The van der Waals surface area contributed by atoms with Crippen LogP contribution in [0.15, 0.2) is 0 Å². The molecule has 1 fully saturated rings. The number of hydrogen-bond acceptors (Lipinski definition) is 4. The van der Waals surface area contributed by atoms with Crippen LogP contribution in [0.3, 0.4) is 0 Å². The molecule has 0 aromatic heterocycles. The van der Waals surface area contributed by atoms with Gasteiger partial charge in [0.2, 0.25) is 0 Å². The second-order valence-electron chi connectivity index (χ2n) is 3.62. The van der Waals surface area contributed by atoms with Gasteiger partial charge in [0.05, 0.1) is 19.3 Å². The van der Waals surface area contributed by atoms with E-state index in [0.29, 0.717) is 13.2 Å². The van der Waals surface area contributed by atoms with Crippen LogP contribution in [0, 0.1) is 0 Å². The topological polar surface area (TPSA) is 47.6 Å². The molecule has 4 nitrogen and oxygen atoms in total. The summed E-state index contributed by atoms with van der Waals surface area (Å²) in [5.41, 5.74) is 0. The lowest BCUT2D eigenvalue weighted by Crippen LogP contribution is -2.47. The van der Waals surface area contributed by atoms with Crippen molar-refractivity contribution in [2.75, 3.05) is 19.8 Å². The molecule has 1 N–H and O–H groups in total. The Kier molecular flexibility index (Phi) is 4.90. The van der Waals surface area contributed by atoms with Crippen LogP contribution in [-0.4, -0.2) is 37.9 Å². The Balaban J connectivity index is 2.25. The van der Waals surface area contributed by atoms with Crippen LogP contribution in [-0.2, 0) is 14.3 Å². The highest BCUT2D eigenvalue weighted by molar-refractivity contribution is 5.76. The van der Waals surface area contributed by atoms with Crippen LogP contribution in [0.1, 0.15) is 26.7 Å². The second-order valence-corrected chi connectivity index (χ2v) is 3.62. The molecule has 0 aliphatic carbocycles. The normalized spacial score (nSPS) is 24.3. The molecule has 1 aliphatic rings. The average molecular weight is 201 g/mol. The molecule has 82 valence electrons. The van der Waals surface area contributed by atoms with Crippen molar-refractivity contribution in [2.45, 2.75) is 38.8 Å². The minimum absolute atomic E-state index is 0.0104. The quantitative estimate of drug-likeness (QED) is 0.680. The number of esters is 1. The fourth-order valence-electron chi connectivity index (χ4n) is 1.46. The van der Waals surface area contributed by atoms with Crippen LogP contribution in [0.2, 0.25) is 0 Å². The number of hydrogen-bond donors (Lipinski definition) is 1. The molecule has 4 heteroatoms. The van der Waals surface area contributed by atoms with Crippen molar-refractivity contribution < 1.29 is 14.3 Å². The summed E-state index contributed by atoms with van der Waals surface area (Å²) >= 11 is 0. The molecule has 1 saturated heterocycles. The first-order chi connectivity index (χ1) is 6.74. The highest BCUT2D eigenvalue weighted by Crippen LogP contribution is 2.04. The third-order valence-corrected chi connectivity index (χ3v) is 2.22. The summed E-state index contributed by atoms with van der Waals surface area (Å²) in [7, 11) is 0. The largest absolute Gasteiger partial charge is 0.461 e. The van der Waals surface area contributed by atoms with E-state index in [-0.39, 0.29) is 18.1 Å². The van der Waals surface area contributed by atoms with Gasteiger partial charge in [0, 0.05) is 6.54 Å². The second kappa shape index (κ2) is 5.98. The van der Waals surface area contributed by atoms with E-state index in [0.717, 1.165) is 19.4 Å². The molecule has 0 radical (unpaired) electrons. The Morgan fingerprint density at radius 2 is 2.50 bits per heavy atom. The van der Waals surface area contributed by atoms with Crippen molar-refractivity contribution in [1.82, 2.24) is 5.32 Å². The molecule has 1 rings (SSSR count). The number of morpholine rings is 1. The van der Waals surface area contributed by atoms with Crippen molar-refractivity contribution in [3.05, 3.63) is 0 Å². The van der Waals surface area contributed by atoms with Gasteiger partial charge in [-0.2, -0.15) is 0 Å². The van der Waals surface area contributed by atoms with E-state index in [9.17, 15) is 4.79 Å². The first-order valence-electron chi connectivity index (χ1n) is 5.25. The van der Waals surface area contributed by atoms with Gasteiger partial charge in [-0.1, -0.05) is 13.3 Å². The monoisotopic (exact) mass is 201 g/mol. The van der Waals surface area contributed by atoms with Gasteiger partial charge in [0.15, 0.2) is 0 Å². The van der Waals surface area contributed by atoms with Gasteiger partial charge in [-0.25, -0.2) is 0 Å². The zero-order valence-electron chi connectivity index (χ0n) is 8.91. The van der Waals surface area contributed by atoms with E-state index in [1.807, 2.05) is 6.92 Å². The highest BCUT2D eigenvalue weighted by atomic mass is 16.5. The van der Waals surface area contributed by atoms with Crippen molar-refractivity contribution in [2.24, 2.45) is 0 Å². The summed E-state index contributed by atoms with van der Waals surface area (Å²) < 4.78 is 10.4. The Bertz CT molecular complexity index is 178. The first kappa shape index (κ1) is 11.5. The van der Waals surface area contributed by atoms with E-state index >= 15 is 0 Å². The predicted octanol–water partition coefficient (Wildman–Crippen LogP) is 0.707. The Hall–Kier alpha value is -0.610. The molecular formula is C10H19NO3. The zero-order valence-corrected chi connectivity index (χ0v) is 8.91. The lowest BCUT2D eigenvalue weighted by molar-refractivity contribution is -0.154. The maximum Gasteiger partial charge on any atom is 0.325 e. The zero-order chi connectivity index (χ0) is 10.4. The fourth-order valence-corrected chi connectivity index (χ4v) is 1.46. The summed E-state index contributed by atoms with van der Waals surface area (Å²) in [6, 6.07) is -0.275. The number of ether oxygens (including phenoxy) is 2. The van der Waals surface area contributed by atoms with Crippen molar-refractivity contribution in [3.63, 3.8) is 0 Å². The van der Waals surface area contributed by atoms with E-state index in [1.54, 1.807) is 0 Å². The summed E-state index contributed by atoms with van der Waals surface area (Å²) in [6.45, 7) is 5.82. The van der Waals surface area contributed by atoms with Crippen LogP contribution in [0.25, 0.3) is 0 Å². The molecule has 1 heterocycles. The molecule has 2 atom stereocenters. The molecule has 0 aromatic rings. The molecule has 1 aliphatic heterocycles. The maximum atomic E-state index is 11.5. The Morgan fingerprint density at radius 3 is 3.07 bits per heavy atom. The molecular weight excluding hydrogens is 182 g/mol. The van der Waals surface area contributed by atoms with Gasteiger partial charge in [-0.05, 0) is 13.3 Å². The number of rotatable bonds is 4. The standard InChI is InChI=1S/C10H19NO3/c1-3-4-8(2)14-10(12)9-7-13-6-5-11-9/h8-9,11H,3-7H2,1-2H3. The van der Waals surface area contributed by atoms with E-state index in [1.165, 1.54) is 0 Å². The van der Waals surface area contributed by atoms with Crippen LogP contribution in [0.5, 0.6) is 0 Å². The van der Waals surface area contributed by atoms with Crippen molar-refractivity contribution in [1.29, 1.82) is 0 Å². The molecule has 0 bridgehead atoms. The lowest BCUT2D eigenvalue weighted by Gasteiger charge is -2.23. The number of carbonyl (C=O) groups excluding carboxylic acids is 1. The lowest BCUT2D eigenvalue weighted by atomic mass is 10.2. The number of nitrogens with one attached hydrogen (secondary N) is 1. The molecule has 0 amide bonds. The maximum absolute atomic E-state index is 11.5. The predicted molar refractivity (Wildman–Crippen MR) is 53.1 cm³/mol. The molecule has 0 saturated carbocycles. The van der Waals surface area contributed by atoms with E-state index in [4.69, 9.17) is 9.47 Å². The minimum Gasteiger partial charge on any atom is -0.461 e. The first-order valence-corrected chi connectivity index (χ1v) is 5.25. The van der Waals surface area contributed by atoms with Gasteiger partial charge in [-0.15, -0.1) is 0 Å². The summed E-state index contributed by atoms with van der Waals surface area (Å²) in [5, 5.41) is 3.07. The van der Waals surface area contributed by atoms with E-state index < -0.39 is 0 Å². The van der Waals surface area contributed by atoms with Gasteiger partial charge in [0.25, 0.3) is 0 Å². The summed E-state index contributed by atoms with van der Waals surface area (Å²) in [6.07, 6.45) is 1.96. The SMILES string of the molecule is CCCC(C)OC(=O)C1COCCN1. The third-order valence-electron chi connectivity index (χ3n) is 2.22. The minimum atomic E-state index is -0.275. The van der Waals surface area contributed by atoms with Crippen LogP contribution in [0.4, 0.5) is 0 Å². The summed E-state index contributed by atoms with van der Waals surface area (Å²) in [4.78, 5) is 11.5. The Labute approximate surface area is 85.0 Å². The van der Waals surface area contributed by atoms with Crippen LogP contribution >= 0.6 is 0 Å². The molecule has 0 spiro atoms. The fraction of sp³-hybridized carbons (Fsp3) is 0.900. The van der Waals surface area contributed by atoms with Crippen molar-refractivity contribution in [3.8, 4) is 0 Å². The average Bonchev–Trinajstić information content (AvgIpc) is 2.19. The highest BCUT2D eigenvalue weighted by Gasteiger charge is 2.23. The molecule has 2 unspecified atom stereocenters. The van der Waals surface area contributed by atoms with E-state index in [2.05, 4.69) is 12.2 Å². The molecule has 14 heavy (non-hydrogen) atoms. The number of carbonyl (C=O) groups is 1. The Morgan fingerprint density at radius 1 is 1.71 bits per heavy atom. The van der Waals surface area contributed by atoms with Crippen LogP contribution < -0.4 is 5.32 Å². The van der Waals surface area contributed by atoms with Gasteiger partial charge < -0.3 is 14.8 Å². The smallest absolute Gasteiger partial charge is 0.325 e. The van der Waals surface area contributed by atoms with Gasteiger partial charge in [-0.3, -0.25) is 4.79 Å². The van der Waals surface area contributed by atoms with Gasteiger partial charge >= 0.3 is 5.97 Å². The molecule has 0 aromatic carbocycles. The third kappa shape index (κ3) is 3.64. The van der Waals surface area contributed by atoms with Crippen molar-refractivity contribution >= 4 is 5.97 Å².